The molecule has 1 aliphatic heterocycles. The highest BCUT2D eigenvalue weighted by Gasteiger charge is 2.38. The van der Waals surface area contributed by atoms with Gasteiger partial charge in [0.15, 0.2) is 0 Å². The van der Waals surface area contributed by atoms with Crippen LogP contribution in [0.1, 0.15) is 27.8 Å². The molecule has 8 heteroatoms. The minimum Gasteiger partial charge on any atom is -0.370 e. The quantitative estimate of drug-likeness (QED) is 0.744. The molecule has 0 bridgehead atoms. The lowest BCUT2D eigenvalue weighted by atomic mass is 9.99. The lowest BCUT2D eigenvalue weighted by Crippen LogP contribution is -2.25. The number of anilines is 1. The van der Waals surface area contributed by atoms with Crippen LogP contribution in [-0.2, 0) is 31.9 Å². The van der Waals surface area contributed by atoms with Crippen LogP contribution in [0.2, 0.25) is 0 Å². The minimum atomic E-state index is -4.86. The molecule has 0 unspecified atom stereocenters. The number of hydrogen-bond acceptors (Lipinski definition) is 2. The standard InChI is InChI=1S/C19H18F6N2/c1-27(16-5-3-12-6-7-26-10-14(12)8-16)11-13-2-4-15(18(20,21)22)9-17(13)19(23,24)25/h2-5,8-9,26H,6-7,10-11H2,1H3. The Kier molecular flexibility index (Phi) is 5.12. The van der Waals surface area contributed by atoms with Crippen molar-refractivity contribution in [3.8, 4) is 0 Å². The Morgan fingerprint density at radius 2 is 1.67 bits per heavy atom. The predicted octanol–water partition coefficient (Wildman–Crippen LogP) is 5.01. The Bertz CT molecular complexity index is 826. The summed E-state index contributed by atoms with van der Waals surface area (Å²) in [6.07, 6.45) is -8.80. The van der Waals surface area contributed by atoms with Gasteiger partial charge in [0.05, 0.1) is 11.1 Å². The summed E-state index contributed by atoms with van der Waals surface area (Å²) in [5, 5.41) is 3.23. The van der Waals surface area contributed by atoms with Crippen LogP contribution in [0, 0.1) is 0 Å². The third kappa shape index (κ3) is 4.37. The van der Waals surface area contributed by atoms with Crippen LogP contribution in [0.25, 0.3) is 0 Å². The number of benzene rings is 2. The summed E-state index contributed by atoms with van der Waals surface area (Å²) in [5.41, 5.74) is 0.217. The zero-order chi connectivity index (χ0) is 19.8. The highest BCUT2D eigenvalue weighted by atomic mass is 19.4. The molecule has 146 valence electrons. The predicted molar refractivity (Wildman–Crippen MR) is 90.4 cm³/mol. The average molecular weight is 388 g/mol. The zero-order valence-corrected chi connectivity index (χ0v) is 14.5. The van der Waals surface area contributed by atoms with E-state index in [4.69, 9.17) is 0 Å². The first-order chi connectivity index (χ1) is 12.6. The first kappa shape index (κ1) is 19.5. The lowest BCUT2D eigenvalue weighted by molar-refractivity contribution is -0.143. The molecule has 0 radical (unpaired) electrons. The molecule has 2 nitrogen and oxygen atoms in total. The molecular weight excluding hydrogens is 370 g/mol. The lowest BCUT2D eigenvalue weighted by Gasteiger charge is -2.25. The monoisotopic (exact) mass is 388 g/mol. The van der Waals surface area contributed by atoms with Crippen LogP contribution in [-0.4, -0.2) is 13.6 Å². The summed E-state index contributed by atoms with van der Waals surface area (Å²) in [4.78, 5) is 1.60. The van der Waals surface area contributed by atoms with Gasteiger partial charge in [-0.25, -0.2) is 0 Å². The van der Waals surface area contributed by atoms with E-state index in [1.165, 1.54) is 5.56 Å². The fourth-order valence-corrected chi connectivity index (χ4v) is 3.21. The van der Waals surface area contributed by atoms with Gasteiger partial charge in [-0.05, 0) is 53.9 Å². The molecule has 0 amide bonds. The van der Waals surface area contributed by atoms with Gasteiger partial charge in [-0.1, -0.05) is 12.1 Å². The second-order valence-corrected chi connectivity index (χ2v) is 6.60. The smallest absolute Gasteiger partial charge is 0.370 e. The summed E-state index contributed by atoms with van der Waals surface area (Å²) >= 11 is 0. The molecular formula is C19H18F6N2. The van der Waals surface area contributed by atoms with E-state index in [0.29, 0.717) is 18.3 Å². The van der Waals surface area contributed by atoms with Gasteiger partial charge in [-0.2, -0.15) is 26.3 Å². The van der Waals surface area contributed by atoms with E-state index in [-0.39, 0.29) is 18.2 Å². The van der Waals surface area contributed by atoms with Crippen molar-refractivity contribution in [2.45, 2.75) is 31.9 Å². The third-order valence-corrected chi connectivity index (χ3v) is 4.67. The van der Waals surface area contributed by atoms with Crippen molar-refractivity contribution < 1.29 is 26.3 Å². The fraction of sp³-hybridized carbons (Fsp3) is 0.368. The van der Waals surface area contributed by atoms with Gasteiger partial charge in [0, 0.05) is 25.8 Å². The average Bonchev–Trinajstić information content (AvgIpc) is 2.59. The van der Waals surface area contributed by atoms with Gasteiger partial charge in [-0.3, -0.25) is 0 Å². The van der Waals surface area contributed by atoms with Crippen LogP contribution in [0.15, 0.2) is 36.4 Å². The summed E-state index contributed by atoms with van der Waals surface area (Å²) in [6, 6.07) is 7.44. The number of hydrogen-bond donors (Lipinski definition) is 1. The fourth-order valence-electron chi connectivity index (χ4n) is 3.21. The highest BCUT2D eigenvalue weighted by Crippen LogP contribution is 2.38. The molecule has 2 aromatic rings. The first-order valence-electron chi connectivity index (χ1n) is 8.36. The van der Waals surface area contributed by atoms with E-state index >= 15 is 0 Å². The number of rotatable bonds is 3. The molecule has 2 aromatic carbocycles. The third-order valence-electron chi connectivity index (χ3n) is 4.67. The second-order valence-electron chi connectivity index (χ2n) is 6.60. The largest absolute Gasteiger partial charge is 0.416 e. The van der Waals surface area contributed by atoms with Crippen molar-refractivity contribution in [1.82, 2.24) is 5.32 Å². The van der Waals surface area contributed by atoms with Crippen molar-refractivity contribution in [2.75, 3.05) is 18.5 Å². The van der Waals surface area contributed by atoms with Crippen LogP contribution in [0.5, 0.6) is 0 Å². The maximum Gasteiger partial charge on any atom is 0.416 e. The molecule has 0 saturated carbocycles. The molecule has 3 rings (SSSR count). The number of halogens is 6. The number of alkyl halides is 6. The molecule has 0 aliphatic carbocycles. The normalized spacial score (nSPS) is 14.8. The molecule has 1 heterocycles. The molecule has 0 spiro atoms. The van der Waals surface area contributed by atoms with Crippen LogP contribution < -0.4 is 10.2 Å². The minimum absolute atomic E-state index is 0.154. The van der Waals surface area contributed by atoms with E-state index in [1.807, 2.05) is 18.2 Å². The van der Waals surface area contributed by atoms with Gasteiger partial charge in [0.1, 0.15) is 0 Å². The summed E-state index contributed by atoms with van der Waals surface area (Å²) in [6.45, 7) is 1.41. The first-order valence-corrected chi connectivity index (χ1v) is 8.36. The van der Waals surface area contributed by atoms with Gasteiger partial charge in [0.25, 0.3) is 0 Å². The number of fused-ring (bicyclic) bond motifs is 1. The van der Waals surface area contributed by atoms with Crippen molar-refractivity contribution in [3.63, 3.8) is 0 Å². The topological polar surface area (TPSA) is 15.3 Å². The Labute approximate surface area is 152 Å². The van der Waals surface area contributed by atoms with E-state index in [1.54, 1.807) is 11.9 Å². The van der Waals surface area contributed by atoms with E-state index in [2.05, 4.69) is 5.32 Å². The summed E-state index contributed by atoms with van der Waals surface area (Å²) < 4.78 is 78.3. The van der Waals surface area contributed by atoms with Crippen molar-refractivity contribution in [1.29, 1.82) is 0 Å². The molecule has 0 fully saturated rings. The van der Waals surface area contributed by atoms with Crippen LogP contribution in [0.4, 0.5) is 32.0 Å². The maximum absolute atomic E-state index is 13.3. The van der Waals surface area contributed by atoms with Crippen molar-refractivity contribution >= 4 is 5.69 Å². The Morgan fingerprint density at radius 1 is 0.926 bits per heavy atom. The summed E-state index contributed by atoms with van der Waals surface area (Å²) in [7, 11) is 1.62. The molecule has 0 atom stereocenters. The molecule has 27 heavy (non-hydrogen) atoms. The van der Waals surface area contributed by atoms with E-state index < -0.39 is 23.5 Å². The zero-order valence-electron chi connectivity index (χ0n) is 14.5. The molecule has 1 N–H and O–H groups in total. The molecule has 0 aromatic heterocycles. The van der Waals surface area contributed by atoms with E-state index in [0.717, 1.165) is 24.6 Å². The van der Waals surface area contributed by atoms with Crippen LogP contribution >= 0.6 is 0 Å². The molecule has 1 aliphatic rings. The van der Waals surface area contributed by atoms with Crippen molar-refractivity contribution in [2.24, 2.45) is 0 Å². The van der Waals surface area contributed by atoms with Crippen LogP contribution in [0.3, 0.4) is 0 Å². The van der Waals surface area contributed by atoms with Gasteiger partial charge < -0.3 is 10.2 Å². The van der Waals surface area contributed by atoms with Gasteiger partial charge in [-0.15, -0.1) is 0 Å². The Morgan fingerprint density at radius 3 is 2.33 bits per heavy atom. The Hall–Kier alpha value is -2.22. The van der Waals surface area contributed by atoms with Crippen molar-refractivity contribution in [3.05, 3.63) is 64.2 Å². The number of nitrogens with one attached hydrogen (secondary N) is 1. The second kappa shape index (κ2) is 7.07. The SMILES string of the molecule is CN(Cc1ccc(C(F)(F)F)cc1C(F)(F)F)c1ccc2c(c1)CNCC2. The molecule has 0 saturated heterocycles. The Balaban J connectivity index is 1.90. The van der Waals surface area contributed by atoms with Gasteiger partial charge in [0.2, 0.25) is 0 Å². The summed E-state index contributed by atoms with van der Waals surface area (Å²) in [5.74, 6) is 0. The number of nitrogens with zero attached hydrogens (tertiary/aromatic N) is 1. The maximum atomic E-state index is 13.3. The van der Waals surface area contributed by atoms with E-state index in [9.17, 15) is 26.3 Å². The van der Waals surface area contributed by atoms with Gasteiger partial charge >= 0.3 is 12.4 Å². The highest BCUT2D eigenvalue weighted by molar-refractivity contribution is 5.52.